The van der Waals surface area contributed by atoms with Crippen molar-refractivity contribution < 1.29 is 9.53 Å². The molecule has 1 saturated heterocycles. The number of carbonyl (C=O) groups is 1. The van der Waals surface area contributed by atoms with Gasteiger partial charge >= 0.3 is 5.97 Å². The first kappa shape index (κ1) is 15.4. The van der Waals surface area contributed by atoms with Gasteiger partial charge in [-0.25, -0.2) is 0 Å². The SMILES string of the molecule is CCC(CCN)CCC(=O)OC1CCN(C)CC1. The number of hydrogen-bond donors (Lipinski definition) is 1. The fraction of sp³-hybridized carbons (Fsp3) is 0.929. The Morgan fingerprint density at radius 1 is 1.39 bits per heavy atom. The molecular weight excluding hydrogens is 228 g/mol. The molecule has 106 valence electrons. The highest BCUT2D eigenvalue weighted by Gasteiger charge is 2.20. The minimum absolute atomic E-state index is 0.0278. The van der Waals surface area contributed by atoms with Crippen molar-refractivity contribution in [2.75, 3.05) is 26.7 Å². The standard InChI is InChI=1S/C14H28N2O2/c1-3-12(6-9-15)4-5-14(17)18-13-7-10-16(2)11-8-13/h12-13H,3-11,15H2,1-2H3. The molecule has 0 amide bonds. The highest BCUT2D eigenvalue weighted by Crippen LogP contribution is 2.17. The van der Waals surface area contributed by atoms with Crippen LogP contribution in [0.3, 0.4) is 0 Å². The Morgan fingerprint density at radius 3 is 2.61 bits per heavy atom. The Balaban J connectivity index is 2.16. The quantitative estimate of drug-likeness (QED) is 0.705. The molecule has 0 aromatic rings. The van der Waals surface area contributed by atoms with E-state index in [1.165, 1.54) is 0 Å². The van der Waals surface area contributed by atoms with Gasteiger partial charge in [-0.05, 0) is 45.2 Å². The van der Waals surface area contributed by atoms with Gasteiger partial charge in [0.1, 0.15) is 6.10 Å². The second kappa shape index (κ2) is 8.48. The Morgan fingerprint density at radius 2 is 2.06 bits per heavy atom. The number of carbonyl (C=O) groups excluding carboxylic acids is 1. The van der Waals surface area contributed by atoms with Crippen LogP contribution in [-0.4, -0.2) is 43.7 Å². The molecule has 1 unspecified atom stereocenters. The molecule has 1 fully saturated rings. The van der Waals surface area contributed by atoms with Gasteiger partial charge in [0, 0.05) is 19.5 Å². The summed E-state index contributed by atoms with van der Waals surface area (Å²) in [4.78, 5) is 14.0. The van der Waals surface area contributed by atoms with Gasteiger partial charge in [-0.2, -0.15) is 0 Å². The van der Waals surface area contributed by atoms with Crippen molar-refractivity contribution in [2.45, 2.75) is 51.6 Å². The zero-order valence-corrected chi connectivity index (χ0v) is 11.9. The Labute approximate surface area is 111 Å². The zero-order chi connectivity index (χ0) is 13.4. The first-order chi connectivity index (χ1) is 8.65. The molecule has 0 radical (unpaired) electrons. The van der Waals surface area contributed by atoms with E-state index in [-0.39, 0.29) is 12.1 Å². The fourth-order valence-corrected chi connectivity index (χ4v) is 2.46. The van der Waals surface area contributed by atoms with Crippen LogP contribution in [0.2, 0.25) is 0 Å². The van der Waals surface area contributed by atoms with Crippen molar-refractivity contribution in [1.82, 2.24) is 4.90 Å². The summed E-state index contributed by atoms with van der Waals surface area (Å²) >= 11 is 0. The van der Waals surface area contributed by atoms with Gasteiger partial charge < -0.3 is 15.4 Å². The predicted octanol–water partition coefficient (Wildman–Crippen LogP) is 1.78. The van der Waals surface area contributed by atoms with E-state index in [1.807, 2.05) is 0 Å². The summed E-state index contributed by atoms with van der Waals surface area (Å²) in [6.45, 7) is 4.93. The second-order valence-corrected chi connectivity index (χ2v) is 5.38. The second-order valence-electron chi connectivity index (χ2n) is 5.38. The number of hydrogen-bond acceptors (Lipinski definition) is 4. The van der Waals surface area contributed by atoms with Crippen LogP contribution in [0.25, 0.3) is 0 Å². The van der Waals surface area contributed by atoms with Gasteiger partial charge in [-0.1, -0.05) is 13.3 Å². The molecule has 1 aliphatic rings. The van der Waals surface area contributed by atoms with Crippen molar-refractivity contribution in [1.29, 1.82) is 0 Å². The minimum Gasteiger partial charge on any atom is -0.462 e. The molecule has 1 rings (SSSR count). The molecule has 18 heavy (non-hydrogen) atoms. The normalized spacial score (nSPS) is 19.7. The van der Waals surface area contributed by atoms with E-state index in [0.29, 0.717) is 18.9 Å². The maximum atomic E-state index is 11.8. The third-order valence-electron chi connectivity index (χ3n) is 3.87. The lowest BCUT2D eigenvalue weighted by atomic mass is 9.97. The van der Waals surface area contributed by atoms with Crippen LogP contribution in [0.5, 0.6) is 0 Å². The molecule has 0 aliphatic carbocycles. The fourth-order valence-electron chi connectivity index (χ4n) is 2.46. The van der Waals surface area contributed by atoms with Crippen molar-refractivity contribution in [3.63, 3.8) is 0 Å². The monoisotopic (exact) mass is 256 g/mol. The summed E-state index contributed by atoms with van der Waals surface area (Å²) in [6.07, 6.45) is 5.66. The summed E-state index contributed by atoms with van der Waals surface area (Å²) < 4.78 is 5.52. The topological polar surface area (TPSA) is 55.6 Å². The van der Waals surface area contributed by atoms with Gasteiger partial charge in [0.15, 0.2) is 0 Å². The average molecular weight is 256 g/mol. The number of piperidine rings is 1. The number of nitrogens with zero attached hydrogens (tertiary/aromatic N) is 1. The summed E-state index contributed by atoms with van der Waals surface area (Å²) in [5.41, 5.74) is 5.55. The maximum Gasteiger partial charge on any atom is 0.306 e. The average Bonchev–Trinajstić information content (AvgIpc) is 2.37. The van der Waals surface area contributed by atoms with E-state index < -0.39 is 0 Å². The Hall–Kier alpha value is -0.610. The third kappa shape index (κ3) is 5.83. The van der Waals surface area contributed by atoms with Crippen molar-refractivity contribution in [3.05, 3.63) is 0 Å². The molecule has 4 nitrogen and oxygen atoms in total. The zero-order valence-electron chi connectivity index (χ0n) is 11.9. The van der Waals surface area contributed by atoms with Gasteiger partial charge in [0.2, 0.25) is 0 Å². The molecule has 0 aromatic carbocycles. The van der Waals surface area contributed by atoms with E-state index in [2.05, 4.69) is 18.9 Å². The van der Waals surface area contributed by atoms with E-state index in [1.54, 1.807) is 0 Å². The van der Waals surface area contributed by atoms with Crippen LogP contribution in [0.4, 0.5) is 0 Å². The van der Waals surface area contributed by atoms with Crippen LogP contribution in [-0.2, 0) is 9.53 Å². The van der Waals surface area contributed by atoms with Crippen LogP contribution in [0.1, 0.15) is 45.4 Å². The predicted molar refractivity (Wildman–Crippen MR) is 73.3 cm³/mol. The summed E-state index contributed by atoms with van der Waals surface area (Å²) in [6, 6.07) is 0. The van der Waals surface area contributed by atoms with Crippen LogP contribution in [0.15, 0.2) is 0 Å². The number of nitrogens with two attached hydrogens (primary N) is 1. The van der Waals surface area contributed by atoms with Crippen LogP contribution >= 0.6 is 0 Å². The number of ether oxygens (including phenoxy) is 1. The number of rotatable bonds is 7. The largest absolute Gasteiger partial charge is 0.462 e. The van der Waals surface area contributed by atoms with E-state index in [0.717, 1.165) is 45.2 Å². The molecule has 1 heterocycles. The minimum atomic E-state index is -0.0278. The molecule has 4 heteroatoms. The molecule has 0 saturated carbocycles. The molecule has 0 aromatic heterocycles. The molecule has 1 atom stereocenters. The first-order valence-corrected chi connectivity index (χ1v) is 7.23. The lowest BCUT2D eigenvalue weighted by Gasteiger charge is -2.28. The number of likely N-dealkylation sites (tertiary alicyclic amines) is 1. The number of esters is 1. The third-order valence-corrected chi connectivity index (χ3v) is 3.87. The van der Waals surface area contributed by atoms with E-state index >= 15 is 0 Å². The van der Waals surface area contributed by atoms with Gasteiger partial charge in [-0.15, -0.1) is 0 Å². The van der Waals surface area contributed by atoms with Crippen molar-refractivity contribution >= 4 is 5.97 Å². The highest BCUT2D eigenvalue weighted by atomic mass is 16.5. The lowest BCUT2D eigenvalue weighted by molar-refractivity contribution is -0.151. The van der Waals surface area contributed by atoms with Crippen LogP contribution < -0.4 is 5.73 Å². The van der Waals surface area contributed by atoms with Crippen LogP contribution in [0, 0.1) is 5.92 Å². The Kier molecular flexibility index (Phi) is 7.28. The van der Waals surface area contributed by atoms with E-state index in [9.17, 15) is 4.79 Å². The molecular formula is C14H28N2O2. The van der Waals surface area contributed by atoms with Gasteiger partial charge in [0.05, 0.1) is 0 Å². The summed E-state index contributed by atoms with van der Waals surface area (Å²) in [5, 5.41) is 0. The first-order valence-electron chi connectivity index (χ1n) is 7.23. The van der Waals surface area contributed by atoms with Gasteiger partial charge in [-0.3, -0.25) is 4.79 Å². The molecule has 0 spiro atoms. The van der Waals surface area contributed by atoms with E-state index in [4.69, 9.17) is 10.5 Å². The highest BCUT2D eigenvalue weighted by molar-refractivity contribution is 5.69. The molecule has 1 aliphatic heterocycles. The molecule has 2 N–H and O–H groups in total. The molecule has 0 bridgehead atoms. The summed E-state index contributed by atoms with van der Waals surface area (Å²) in [7, 11) is 2.11. The Bertz CT molecular complexity index is 238. The smallest absolute Gasteiger partial charge is 0.306 e. The lowest BCUT2D eigenvalue weighted by Crippen LogP contribution is -2.35. The van der Waals surface area contributed by atoms with Gasteiger partial charge in [0.25, 0.3) is 0 Å². The van der Waals surface area contributed by atoms with Crippen molar-refractivity contribution in [2.24, 2.45) is 11.7 Å². The maximum absolute atomic E-state index is 11.8. The van der Waals surface area contributed by atoms with Crippen molar-refractivity contribution in [3.8, 4) is 0 Å². The summed E-state index contributed by atoms with van der Waals surface area (Å²) in [5.74, 6) is 0.542.